The number of aryl methyl sites for hydroxylation is 1. The molecule has 3 nitrogen and oxygen atoms in total. The van der Waals surface area contributed by atoms with Crippen LogP contribution < -0.4 is 5.32 Å². The lowest BCUT2D eigenvalue weighted by Gasteiger charge is -2.07. The largest absolute Gasteiger partial charge is 0.384 e. The first-order valence-corrected chi connectivity index (χ1v) is 8.56. The molecule has 0 unspecified atom stereocenters. The number of unbranched alkanes of at least 4 members (excludes halogenated alkanes) is 2. The highest BCUT2D eigenvalue weighted by molar-refractivity contribution is 7.98. The monoisotopic (exact) mass is 305 g/mol. The third-order valence-corrected chi connectivity index (χ3v) is 3.81. The molecular formula is C17H23NO2S. The molecule has 1 aromatic rings. The van der Waals surface area contributed by atoms with Crippen molar-refractivity contribution in [3.8, 4) is 11.8 Å². The van der Waals surface area contributed by atoms with Crippen molar-refractivity contribution >= 4 is 17.7 Å². The lowest BCUT2D eigenvalue weighted by molar-refractivity contribution is 0.0953. The zero-order valence-corrected chi connectivity index (χ0v) is 13.6. The molecule has 0 radical (unpaired) electrons. The molecule has 0 spiro atoms. The SMILES string of the molecule is CSCCCCCNC(=O)c1ccc(C)c(C#CCO)c1. The number of thioether (sulfide) groups is 1. The average molecular weight is 305 g/mol. The minimum atomic E-state index is -0.175. The molecule has 0 fully saturated rings. The Balaban J connectivity index is 2.50. The summed E-state index contributed by atoms with van der Waals surface area (Å²) in [6, 6.07) is 5.47. The Morgan fingerprint density at radius 1 is 1.33 bits per heavy atom. The Morgan fingerprint density at radius 2 is 2.14 bits per heavy atom. The second kappa shape index (κ2) is 10.3. The number of benzene rings is 1. The van der Waals surface area contributed by atoms with Gasteiger partial charge in [0.05, 0.1) is 0 Å². The van der Waals surface area contributed by atoms with Gasteiger partial charge >= 0.3 is 0 Å². The molecule has 0 atom stereocenters. The van der Waals surface area contributed by atoms with E-state index in [9.17, 15) is 4.79 Å². The minimum Gasteiger partial charge on any atom is -0.384 e. The molecular weight excluding hydrogens is 282 g/mol. The molecule has 0 aliphatic carbocycles. The van der Waals surface area contributed by atoms with Crippen LogP contribution in [-0.4, -0.2) is 36.2 Å². The van der Waals surface area contributed by atoms with Gasteiger partial charge in [-0.25, -0.2) is 0 Å². The minimum absolute atomic E-state index is 0.0630. The van der Waals surface area contributed by atoms with Crippen LogP contribution in [0.4, 0.5) is 0 Å². The van der Waals surface area contributed by atoms with E-state index < -0.39 is 0 Å². The molecule has 1 rings (SSSR count). The highest BCUT2D eigenvalue weighted by Gasteiger charge is 2.06. The molecule has 0 aliphatic heterocycles. The average Bonchev–Trinajstić information content (AvgIpc) is 2.49. The van der Waals surface area contributed by atoms with E-state index >= 15 is 0 Å². The third-order valence-electron chi connectivity index (χ3n) is 3.11. The number of carbonyl (C=O) groups is 1. The Bertz CT molecular complexity index is 517. The van der Waals surface area contributed by atoms with E-state index in [2.05, 4.69) is 23.4 Å². The van der Waals surface area contributed by atoms with Crippen molar-refractivity contribution in [2.45, 2.75) is 26.2 Å². The zero-order chi connectivity index (χ0) is 15.5. The number of rotatable bonds is 7. The number of aliphatic hydroxyl groups is 1. The summed E-state index contributed by atoms with van der Waals surface area (Å²) >= 11 is 1.85. The van der Waals surface area contributed by atoms with Gasteiger partial charge in [-0.15, -0.1) is 0 Å². The van der Waals surface area contributed by atoms with Gasteiger partial charge < -0.3 is 10.4 Å². The molecule has 1 amide bonds. The van der Waals surface area contributed by atoms with Crippen molar-refractivity contribution in [1.82, 2.24) is 5.32 Å². The van der Waals surface area contributed by atoms with Crippen molar-refractivity contribution < 1.29 is 9.90 Å². The van der Waals surface area contributed by atoms with Crippen molar-refractivity contribution in [3.05, 3.63) is 34.9 Å². The lowest BCUT2D eigenvalue weighted by Crippen LogP contribution is -2.24. The van der Waals surface area contributed by atoms with Gasteiger partial charge in [0.2, 0.25) is 0 Å². The van der Waals surface area contributed by atoms with Crippen LogP contribution in [-0.2, 0) is 0 Å². The first-order chi connectivity index (χ1) is 10.2. The van der Waals surface area contributed by atoms with Crippen LogP contribution in [0.3, 0.4) is 0 Å². The van der Waals surface area contributed by atoms with Crippen LogP contribution in [0.5, 0.6) is 0 Å². The molecule has 0 aliphatic rings. The molecule has 0 aromatic heterocycles. The molecule has 0 bridgehead atoms. The van der Waals surface area contributed by atoms with Gasteiger partial charge in [-0.1, -0.05) is 24.3 Å². The summed E-state index contributed by atoms with van der Waals surface area (Å²) in [7, 11) is 0. The van der Waals surface area contributed by atoms with Crippen molar-refractivity contribution in [1.29, 1.82) is 0 Å². The maximum atomic E-state index is 12.1. The topological polar surface area (TPSA) is 49.3 Å². The van der Waals surface area contributed by atoms with Crippen molar-refractivity contribution in [2.75, 3.05) is 25.2 Å². The standard InChI is InChI=1S/C17H23NO2S/c1-14-8-9-16(13-15(14)7-6-11-19)17(20)18-10-4-3-5-12-21-2/h8-9,13,19H,3-5,10-12H2,1-2H3,(H,18,20). The third kappa shape index (κ3) is 6.70. The van der Waals surface area contributed by atoms with E-state index in [-0.39, 0.29) is 12.5 Å². The Kier molecular flexibility index (Phi) is 8.65. The normalized spacial score (nSPS) is 9.86. The Morgan fingerprint density at radius 3 is 2.86 bits per heavy atom. The van der Waals surface area contributed by atoms with Crippen LogP contribution in [0.15, 0.2) is 18.2 Å². The van der Waals surface area contributed by atoms with E-state index in [1.807, 2.05) is 30.8 Å². The van der Waals surface area contributed by atoms with Crippen LogP contribution in [0, 0.1) is 18.8 Å². The number of carbonyl (C=O) groups excluding carboxylic acids is 1. The second-order valence-electron chi connectivity index (χ2n) is 4.80. The highest BCUT2D eigenvalue weighted by atomic mass is 32.2. The van der Waals surface area contributed by atoms with Crippen LogP contribution in [0.1, 0.15) is 40.7 Å². The Labute approximate surface area is 131 Å². The van der Waals surface area contributed by atoms with Crippen LogP contribution in [0.25, 0.3) is 0 Å². The van der Waals surface area contributed by atoms with Crippen molar-refractivity contribution in [3.63, 3.8) is 0 Å². The number of aliphatic hydroxyl groups excluding tert-OH is 1. The first kappa shape index (κ1) is 17.6. The number of hydrogen-bond acceptors (Lipinski definition) is 3. The molecule has 4 heteroatoms. The van der Waals surface area contributed by atoms with Gasteiger partial charge in [0.1, 0.15) is 6.61 Å². The molecule has 0 saturated carbocycles. The van der Waals surface area contributed by atoms with Gasteiger partial charge in [0, 0.05) is 17.7 Å². The second-order valence-corrected chi connectivity index (χ2v) is 5.78. The molecule has 114 valence electrons. The van der Waals surface area contributed by atoms with E-state index in [0.717, 1.165) is 24.0 Å². The Hall–Kier alpha value is -1.44. The predicted octanol–water partition coefficient (Wildman–Crippen LogP) is 2.60. The number of hydrogen-bond donors (Lipinski definition) is 2. The maximum absolute atomic E-state index is 12.1. The summed E-state index contributed by atoms with van der Waals surface area (Å²) < 4.78 is 0. The summed E-state index contributed by atoms with van der Waals surface area (Å²) in [6.45, 7) is 2.47. The van der Waals surface area contributed by atoms with Gasteiger partial charge in [0.15, 0.2) is 0 Å². The van der Waals surface area contributed by atoms with E-state index in [4.69, 9.17) is 5.11 Å². The first-order valence-electron chi connectivity index (χ1n) is 7.16. The molecule has 21 heavy (non-hydrogen) atoms. The van der Waals surface area contributed by atoms with Gasteiger partial charge in [-0.2, -0.15) is 11.8 Å². The molecule has 1 aromatic carbocycles. The molecule has 0 heterocycles. The fraction of sp³-hybridized carbons (Fsp3) is 0.471. The van der Waals surface area contributed by atoms with Crippen molar-refractivity contribution in [2.24, 2.45) is 0 Å². The summed E-state index contributed by atoms with van der Waals surface area (Å²) in [4.78, 5) is 12.1. The quantitative estimate of drug-likeness (QED) is 0.601. The molecule has 0 saturated heterocycles. The number of amides is 1. The maximum Gasteiger partial charge on any atom is 0.251 e. The summed E-state index contributed by atoms with van der Waals surface area (Å²) in [5.74, 6) is 6.60. The summed E-state index contributed by atoms with van der Waals surface area (Å²) in [5, 5.41) is 11.7. The fourth-order valence-corrected chi connectivity index (χ4v) is 2.38. The summed E-state index contributed by atoms with van der Waals surface area (Å²) in [6.07, 6.45) is 5.45. The number of nitrogens with one attached hydrogen (secondary N) is 1. The van der Waals surface area contributed by atoms with Crippen LogP contribution in [0.2, 0.25) is 0 Å². The van der Waals surface area contributed by atoms with Crippen LogP contribution >= 0.6 is 11.8 Å². The summed E-state index contributed by atoms with van der Waals surface area (Å²) in [5.41, 5.74) is 2.41. The van der Waals surface area contributed by atoms with Gasteiger partial charge in [-0.05, 0) is 49.5 Å². The predicted molar refractivity (Wildman–Crippen MR) is 89.7 cm³/mol. The lowest BCUT2D eigenvalue weighted by atomic mass is 10.0. The smallest absolute Gasteiger partial charge is 0.251 e. The van der Waals surface area contributed by atoms with E-state index in [0.29, 0.717) is 12.1 Å². The fourth-order valence-electron chi connectivity index (χ4n) is 1.88. The van der Waals surface area contributed by atoms with E-state index in [1.165, 1.54) is 12.2 Å². The van der Waals surface area contributed by atoms with Gasteiger partial charge in [0.25, 0.3) is 5.91 Å². The highest BCUT2D eigenvalue weighted by Crippen LogP contribution is 2.10. The molecule has 2 N–H and O–H groups in total. The van der Waals surface area contributed by atoms with Gasteiger partial charge in [-0.3, -0.25) is 4.79 Å². The van der Waals surface area contributed by atoms with E-state index in [1.54, 1.807) is 6.07 Å². The zero-order valence-electron chi connectivity index (χ0n) is 12.7.